The second-order valence-electron chi connectivity index (χ2n) is 4.28. The summed E-state index contributed by atoms with van der Waals surface area (Å²) in [6.45, 7) is 4.43. The van der Waals surface area contributed by atoms with E-state index in [0.717, 1.165) is 12.8 Å². The SMILES string of the molecule is CCCCOC(=O)CS(=O)(=O)C1CCOC1C. The van der Waals surface area contributed by atoms with Crippen LogP contribution in [0.1, 0.15) is 33.1 Å². The molecule has 1 saturated heterocycles. The number of hydrogen-bond donors (Lipinski definition) is 0. The first-order valence-electron chi connectivity index (χ1n) is 5.96. The third-order valence-corrected chi connectivity index (χ3v) is 5.03. The molecule has 0 aromatic rings. The molecule has 0 bridgehead atoms. The molecule has 0 spiro atoms. The first-order chi connectivity index (χ1) is 7.97. The summed E-state index contributed by atoms with van der Waals surface area (Å²) < 4.78 is 33.9. The van der Waals surface area contributed by atoms with E-state index in [9.17, 15) is 13.2 Å². The summed E-state index contributed by atoms with van der Waals surface area (Å²) in [5.74, 6) is -1.19. The number of sulfone groups is 1. The molecule has 0 N–H and O–H groups in total. The Balaban J connectivity index is 2.46. The van der Waals surface area contributed by atoms with E-state index in [2.05, 4.69) is 0 Å². The molecular weight excluding hydrogens is 244 g/mol. The lowest BCUT2D eigenvalue weighted by molar-refractivity contribution is -0.140. The highest BCUT2D eigenvalue weighted by atomic mass is 32.2. The summed E-state index contributed by atoms with van der Waals surface area (Å²) in [6.07, 6.45) is 1.80. The molecule has 1 fully saturated rings. The second-order valence-corrected chi connectivity index (χ2v) is 6.50. The molecule has 1 rings (SSSR count). The number of carbonyl (C=O) groups excluding carboxylic acids is 1. The van der Waals surface area contributed by atoms with E-state index >= 15 is 0 Å². The van der Waals surface area contributed by atoms with Crippen molar-refractivity contribution in [3.63, 3.8) is 0 Å². The third kappa shape index (κ3) is 4.27. The molecule has 1 aliphatic heterocycles. The van der Waals surface area contributed by atoms with Crippen LogP contribution >= 0.6 is 0 Å². The molecule has 6 heteroatoms. The van der Waals surface area contributed by atoms with Crippen LogP contribution < -0.4 is 0 Å². The van der Waals surface area contributed by atoms with E-state index in [4.69, 9.17) is 9.47 Å². The van der Waals surface area contributed by atoms with Gasteiger partial charge in [-0.2, -0.15) is 0 Å². The fraction of sp³-hybridized carbons (Fsp3) is 0.909. The van der Waals surface area contributed by atoms with Gasteiger partial charge in [0.05, 0.1) is 18.0 Å². The highest BCUT2D eigenvalue weighted by molar-refractivity contribution is 7.92. The highest BCUT2D eigenvalue weighted by Crippen LogP contribution is 2.21. The molecule has 0 aromatic heterocycles. The zero-order valence-electron chi connectivity index (χ0n) is 10.3. The minimum absolute atomic E-state index is 0.293. The molecular formula is C11H20O5S. The van der Waals surface area contributed by atoms with E-state index in [1.54, 1.807) is 6.92 Å². The first kappa shape index (κ1) is 14.4. The Kier molecular flexibility index (Phi) is 5.39. The monoisotopic (exact) mass is 264 g/mol. The minimum atomic E-state index is -3.45. The van der Waals surface area contributed by atoms with Crippen LogP contribution in [0.15, 0.2) is 0 Å². The van der Waals surface area contributed by atoms with E-state index in [0.29, 0.717) is 19.6 Å². The topological polar surface area (TPSA) is 69.7 Å². The van der Waals surface area contributed by atoms with Crippen molar-refractivity contribution in [1.82, 2.24) is 0 Å². The van der Waals surface area contributed by atoms with Crippen LogP contribution in [-0.4, -0.2) is 44.7 Å². The third-order valence-electron chi connectivity index (χ3n) is 2.85. The van der Waals surface area contributed by atoms with Crippen LogP contribution in [0.5, 0.6) is 0 Å². The van der Waals surface area contributed by atoms with Crippen molar-refractivity contribution < 1.29 is 22.7 Å². The first-order valence-corrected chi connectivity index (χ1v) is 7.67. The largest absolute Gasteiger partial charge is 0.465 e. The van der Waals surface area contributed by atoms with E-state index in [-0.39, 0.29) is 6.10 Å². The molecule has 2 unspecified atom stereocenters. The Bertz CT molecular complexity index is 349. The van der Waals surface area contributed by atoms with Gasteiger partial charge in [0, 0.05) is 6.61 Å². The number of hydrogen-bond acceptors (Lipinski definition) is 5. The van der Waals surface area contributed by atoms with Crippen LogP contribution in [0.3, 0.4) is 0 Å². The molecule has 0 saturated carbocycles. The van der Waals surface area contributed by atoms with Gasteiger partial charge in [-0.05, 0) is 19.8 Å². The molecule has 5 nitrogen and oxygen atoms in total. The maximum absolute atomic E-state index is 11.9. The number of carbonyl (C=O) groups is 1. The average Bonchev–Trinajstić information content (AvgIpc) is 2.64. The summed E-state index contributed by atoms with van der Waals surface area (Å²) in [7, 11) is -3.45. The highest BCUT2D eigenvalue weighted by Gasteiger charge is 2.37. The Morgan fingerprint density at radius 2 is 2.18 bits per heavy atom. The fourth-order valence-corrected chi connectivity index (χ4v) is 3.57. The Morgan fingerprint density at radius 3 is 2.71 bits per heavy atom. The van der Waals surface area contributed by atoms with Gasteiger partial charge >= 0.3 is 5.97 Å². The van der Waals surface area contributed by atoms with Crippen LogP contribution in [0.4, 0.5) is 0 Å². The predicted molar refractivity (Wildman–Crippen MR) is 63.5 cm³/mol. The maximum Gasteiger partial charge on any atom is 0.321 e. The normalized spacial score (nSPS) is 24.8. The predicted octanol–water partition coefficient (Wildman–Crippen LogP) is 0.922. The summed E-state index contributed by atoms with van der Waals surface area (Å²) in [5.41, 5.74) is 0. The molecule has 1 heterocycles. The summed E-state index contributed by atoms with van der Waals surface area (Å²) >= 11 is 0. The van der Waals surface area contributed by atoms with Gasteiger partial charge in [0.25, 0.3) is 0 Å². The van der Waals surface area contributed by atoms with Gasteiger partial charge in [0.2, 0.25) is 0 Å². The molecule has 1 aliphatic rings. The van der Waals surface area contributed by atoms with E-state index < -0.39 is 26.8 Å². The van der Waals surface area contributed by atoms with Gasteiger partial charge in [-0.1, -0.05) is 13.3 Å². The van der Waals surface area contributed by atoms with Crippen molar-refractivity contribution in [2.75, 3.05) is 19.0 Å². The Labute approximate surface area is 102 Å². The Hall–Kier alpha value is -0.620. The lowest BCUT2D eigenvalue weighted by Gasteiger charge is -2.14. The van der Waals surface area contributed by atoms with Crippen LogP contribution in [0.25, 0.3) is 0 Å². The molecule has 0 amide bonds. The van der Waals surface area contributed by atoms with Crippen molar-refractivity contribution in [1.29, 1.82) is 0 Å². The fourth-order valence-electron chi connectivity index (χ4n) is 1.83. The van der Waals surface area contributed by atoms with Crippen LogP contribution in [0, 0.1) is 0 Å². The van der Waals surface area contributed by atoms with E-state index in [1.807, 2.05) is 6.92 Å². The quantitative estimate of drug-likeness (QED) is 0.527. The van der Waals surface area contributed by atoms with Gasteiger partial charge in [-0.15, -0.1) is 0 Å². The average molecular weight is 264 g/mol. The van der Waals surface area contributed by atoms with Crippen LogP contribution in [-0.2, 0) is 24.1 Å². The standard InChI is InChI=1S/C11H20O5S/c1-3-4-6-16-11(12)8-17(13,14)10-5-7-15-9(10)2/h9-10H,3-8H2,1-2H3. The minimum Gasteiger partial charge on any atom is -0.465 e. The zero-order chi connectivity index (χ0) is 12.9. The van der Waals surface area contributed by atoms with Crippen molar-refractivity contribution >= 4 is 15.8 Å². The summed E-state index contributed by atoms with van der Waals surface area (Å²) in [4.78, 5) is 11.4. The summed E-state index contributed by atoms with van der Waals surface area (Å²) in [6, 6.07) is 0. The lowest BCUT2D eigenvalue weighted by atomic mass is 10.3. The number of rotatable bonds is 6. The number of ether oxygens (including phenoxy) is 2. The molecule has 2 atom stereocenters. The second kappa shape index (κ2) is 6.35. The van der Waals surface area contributed by atoms with Gasteiger partial charge in [0.15, 0.2) is 9.84 Å². The van der Waals surface area contributed by atoms with E-state index in [1.165, 1.54) is 0 Å². The van der Waals surface area contributed by atoms with Crippen molar-refractivity contribution in [2.45, 2.75) is 44.5 Å². The lowest BCUT2D eigenvalue weighted by Crippen LogP contribution is -2.33. The Morgan fingerprint density at radius 1 is 1.47 bits per heavy atom. The zero-order valence-corrected chi connectivity index (χ0v) is 11.2. The molecule has 100 valence electrons. The van der Waals surface area contributed by atoms with Gasteiger partial charge in [-0.3, -0.25) is 4.79 Å². The molecule has 0 aromatic carbocycles. The molecule has 17 heavy (non-hydrogen) atoms. The van der Waals surface area contributed by atoms with Crippen molar-refractivity contribution in [2.24, 2.45) is 0 Å². The number of unbranched alkanes of at least 4 members (excludes halogenated alkanes) is 1. The maximum atomic E-state index is 11.9. The van der Waals surface area contributed by atoms with Crippen molar-refractivity contribution in [3.05, 3.63) is 0 Å². The van der Waals surface area contributed by atoms with Gasteiger partial charge in [-0.25, -0.2) is 8.42 Å². The number of esters is 1. The molecule has 0 aliphatic carbocycles. The van der Waals surface area contributed by atoms with Gasteiger partial charge in [0.1, 0.15) is 5.75 Å². The van der Waals surface area contributed by atoms with Crippen molar-refractivity contribution in [3.8, 4) is 0 Å². The van der Waals surface area contributed by atoms with Gasteiger partial charge < -0.3 is 9.47 Å². The van der Waals surface area contributed by atoms with Crippen LogP contribution in [0.2, 0.25) is 0 Å². The summed E-state index contributed by atoms with van der Waals surface area (Å²) in [5, 5.41) is -0.568. The smallest absolute Gasteiger partial charge is 0.321 e. The molecule has 0 radical (unpaired) electrons.